The second-order valence-corrected chi connectivity index (χ2v) is 5.70. The molecule has 3 nitrogen and oxygen atoms in total. The van der Waals surface area contributed by atoms with Gasteiger partial charge in [-0.2, -0.15) is 0 Å². The smallest absolute Gasteiger partial charge is 0.228 e. The minimum Gasteiger partial charge on any atom is -0.325 e. The molecule has 0 unspecified atom stereocenters. The monoisotopic (exact) mass is 252 g/mol. The first-order valence-electron chi connectivity index (χ1n) is 5.53. The van der Waals surface area contributed by atoms with Gasteiger partial charge in [0.05, 0.1) is 0 Å². The normalized spacial score (nSPS) is 11.4. The van der Waals surface area contributed by atoms with Crippen molar-refractivity contribution in [2.45, 2.75) is 30.7 Å². The maximum Gasteiger partial charge on any atom is 0.228 e. The van der Waals surface area contributed by atoms with Crippen LogP contribution >= 0.6 is 11.8 Å². The average molecular weight is 252 g/mol. The molecule has 0 radical (unpaired) electrons. The predicted molar refractivity (Wildman–Crippen MR) is 74.5 cm³/mol. The van der Waals surface area contributed by atoms with E-state index in [1.165, 1.54) is 4.90 Å². The molecule has 0 aliphatic rings. The van der Waals surface area contributed by atoms with Crippen LogP contribution in [0, 0.1) is 0 Å². The zero-order chi connectivity index (χ0) is 13.1. The molecule has 1 rings (SSSR count). The van der Waals surface area contributed by atoms with Crippen LogP contribution in [0.5, 0.6) is 0 Å². The molecule has 0 heterocycles. The van der Waals surface area contributed by atoms with Gasteiger partial charge in [0, 0.05) is 29.6 Å². The molecule has 2 N–H and O–H groups in total. The van der Waals surface area contributed by atoms with Gasteiger partial charge in [-0.3, -0.25) is 4.79 Å². The number of hydrogen-bond acceptors (Lipinski definition) is 3. The lowest BCUT2D eigenvalue weighted by atomic mass is 10.0. The van der Waals surface area contributed by atoms with Crippen LogP contribution in [-0.2, 0) is 4.79 Å². The Morgan fingerprint density at radius 1 is 1.35 bits per heavy atom. The van der Waals surface area contributed by atoms with Gasteiger partial charge in [-0.15, -0.1) is 11.8 Å². The summed E-state index contributed by atoms with van der Waals surface area (Å²) in [7, 11) is 1.78. The van der Waals surface area contributed by atoms with Crippen molar-refractivity contribution >= 4 is 23.4 Å². The molecule has 0 saturated carbocycles. The SMILES string of the molecule is CSc1ccc(N(C)C(=O)CC(C)(C)N)cc1. The van der Waals surface area contributed by atoms with Gasteiger partial charge in [-0.1, -0.05) is 0 Å². The molecular weight excluding hydrogens is 232 g/mol. The Morgan fingerprint density at radius 2 is 1.88 bits per heavy atom. The molecule has 17 heavy (non-hydrogen) atoms. The summed E-state index contributed by atoms with van der Waals surface area (Å²) in [5.41, 5.74) is 6.28. The first-order valence-corrected chi connectivity index (χ1v) is 6.75. The highest BCUT2D eigenvalue weighted by molar-refractivity contribution is 7.98. The summed E-state index contributed by atoms with van der Waals surface area (Å²) in [5.74, 6) is 0.0365. The van der Waals surface area contributed by atoms with Crippen molar-refractivity contribution in [3.05, 3.63) is 24.3 Å². The Balaban J connectivity index is 2.74. The van der Waals surface area contributed by atoms with Crippen molar-refractivity contribution in [2.24, 2.45) is 5.73 Å². The third kappa shape index (κ3) is 4.40. The Hall–Kier alpha value is -1.00. The van der Waals surface area contributed by atoms with E-state index in [9.17, 15) is 4.79 Å². The second-order valence-electron chi connectivity index (χ2n) is 4.82. The zero-order valence-corrected chi connectivity index (χ0v) is 11.7. The van der Waals surface area contributed by atoms with Crippen molar-refractivity contribution in [1.82, 2.24) is 0 Å². The van der Waals surface area contributed by atoms with E-state index in [1.807, 2.05) is 44.4 Å². The van der Waals surface area contributed by atoms with Crippen LogP contribution in [0.1, 0.15) is 20.3 Å². The number of amides is 1. The van der Waals surface area contributed by atoms with Crippen LogP contribution in [0.4, 0.5) is 5.69 Å². The molecule has 1 aromatic carbocycles. The number of carbonyl (C=O) groups is 1. The van der Waals surface area contributed by atoms with E-state index >= 15 is 0 Å². The van der Waals surface area contributed by atoms with E-state index in [0.717, 1.165) is 5.69 Å². The minimum absolute atomic E-state index is 0.0365. The van der Waals surface area contributed by atoms with Crippen LogP contribution in [0.2, 0.25) is 0 Å². The Morgan fingerprint density at radius 3 is 2.29 bits per heavy atom. The van der Waals surface area contributed by atoms with Gasteiger partial charge in [-0.05, 0) is 44.4 Å². The molecule has 0 aromatic heterocycles. The quantitative estimate of drug-likeness (QED) is 0.837. The predicted octanol–water partition coefficient (Wildman–Crippen LogP) is 2.50. The van der Waals surface area contributed by atoms with Crippen molar-refractivity contribution in [3.8, 4) is 0 Å². The highest BCUT2D eigenvalue weighted by Gasteiger charge is 2.20. The topological polar surface area (TPSA) is 46.3 Å². The molecule has 1 amide bonds. The molecule has 0 spiro atoms. The van der Waals surface area contributed by atoms with E-state index in [2.05, 4.69) is 0 Å². The van der Waals surface area contributed by atoms with Gasteiger partial charge in [0.1, 0.15) is 0 Å². The maximum atomic E-state index is 12.0. The number of rotatable bonds is 4. The summed E-state index contributed by atoms with van der Waals surface area (Å²) >= 11 is 1.68. The first kappa shape index (κ1) is 14.1. The highest BCUT2D eigenvalue weighted by Crippen LogP contribution is 2.20. The van der Waals surface area contributed by atoms with Gasteiger partial charge >= 0.3 is 0 Å². The Bertz CT molecular complexity index is 381. The van der Waals surface area contributed by atoms with Crippen molar-refractivity contribution in [3.63, 3.8) is 0 Å². The van der Waals surface area contributed by atoms with E-state index in [1.54, 1.807) is 23.7 Å². The fraction of sp³-hybridized carbons (Fsp3) is 0.462. The zero-order valence-electron chi connectivity index (χ0n) is 10.9. The van der Waals surface area contributed by atoms with Crippen molar-refractivity contribution in [1.29, 1.82) is 0 Å². The fourth-order valence-electron chi connectivity index (χ4n) is 1.46. The second kappa shape index (κ2) is 5.56. The van der Waals surface area contributed by atoms with E-state index < -0.39 is 5.54 Å². The third-order valence-corrected chi connectivity index (χ3v) is 3.18. The standard InChI is InChI=1S/C13H20N2OS/c1-13(2,14)9-12(16)15(3)10-5-7-11(17-4)8-6-10/h5-8H,9,14H2,1-4H3. The molecule has 4 heteroatoms. The lowest BCUT2D eigenvalue weighted by molar-refractivity contribution is -0.119. The van der Waals surface area contributed by atoms with Crippen molar-refractivity contribution < 1.29 is 4.79 Å². The van der Waals surface area contributed by atoms with E-state index in [0.29, 0.717) is 6.42 Å². The number of hydrogen-bond donors (Lipinski definition) is 1. The number of nitrogens with two attached hydrogens (primary N) is 1. The third-order valence-electron chi connectivity index (χ3n) is 2.44. The number of nitrogens with zero attached hydrogens (tertiary/aromatic N) is 1. The molecule has 0 saturated heterocycles. The lowest BCUT2D eigenvalue weighted by Crippen LogP contribution is -2.39. The number of benzene rings is 1. The van der Waals surface area contributed by atoms with Crippen LogP contribution in [0.15, 0.2) is 29.2 Å². The summed E-state index contributed by atoms with van der Waals surface area (Å²) in [6.45, 7) is 3.71. The summed E-state index contributed by atoms with van der Waals surface area (Å²) < 4.78 is 0. The van der Waals surface area contributed by atoms with Gasteiger partial charge < -0.3 is 10.6 Å². The average Bonchev–Trinajstić information content (AvgIpc) is 2.26. The first-order chi connectivity index (χ1) is 7.83. The maximum absolute atomic E-state index is 12.0. The molecule has 1 aromatic rings. The van der Waals surface area contributed by atoms with Gasteiger partial charge in [-0.25, -0.2) is 0 Å². The number of anilines is 1. The summed E-state index contributed by atoms with van der Waals surface area (Å²) in [6.07, 6.45) is 2.37. The molecular formula is C13H20N2OS. The molecule has 0 aliphatic carbocycles. The Labute approximate surface area is 107 Å². The van der Waals surface area contributed by atoms with E-state index in [4.69, 9.17) is 5.73 Å². The van der Waals surface area contributed by atoms with Crippen LogP contribution in [-0.4, -0.2) is 24.7 Å². The van der Waals surface area contributed by atoms with Crippen LogP contribution < -0.4 is 10.6 Å². The van der Waals surface area contributed by atoms with Gasteiger partial charge in [0.15, 0.2) is 0 Å². The van der Waals surface area contributed by atoms with Gasteiger partial charge in [0.2, 0.25) is 5.91 Å². The summed E-state index contributed by atoms with van der Waals surface area (Å²) in [5, 5.41) is 0. The lowest BCUT2D eigenvalue weighted by Gasteiger charge is -2.23. The molecule has 0 aliphatic heterocycles. The fourth-order valence-corrected chi connectivity index (χ4v) is 1.87. The number of carbonyl (C=O) groups excluding carboxylic acids is 1. The molecule has 94 valence electrons. The van der Waals surface area contributed by atoms with Crippen molar-refractivity contribution in [2.75, 3.05) is 18.2 Å². The molecule has 0 bridgehead atoms. The van der Waals surface area contributed by atoms with Crippen LogP contribution in [0.3, 0.4) is 0 Å². The largest absolute Gasteiger partial charge is 0.325 e. The Kier molecular flexibility index (Phi) is 4.60. The molecule has 0 fully saturated rings. The summed E-state index contributed by atoms with van der Waals surface area (Å²) in [6, 6.07) is 7.93. The molecule has 0 atom stereocenters. The van der Waals surface area contributed by atoms with E-state index in [-0.39, 0.29) is 5.91 Å². The summed E-state index contributed by atoms with van der Waals surface area (Å²) in [4.78, 5) is 14.8. The van der Waals surface area contributed by atoms with Gasteiger partial charge in [0.25, 0.3) is 0 Å². The highest BCUT2D eigenvalue weighted by atomic mass is 32.2. The minimum atomic E-state index is -0.468. The van der Waals surface area contributed by atoms with Crippen LogP contribution in [0.25, 0.3) is 0 Å². The number of thioether (sulfide) groups is 1.